The Labute approximate surface area is 256 Å². The molecule has 13 heteroatoms. The maximum Gasteiger partial charge on any atom is 0.413 e. The summed E-state index contributed by atoms with van der Waals surface area (Å²) in [4.78, 5) is 49.5. The average molecular weight is 606 g/mol. The van der Waals surface area contributed by atoms with Gasteiger partial charge in [-0.3, -0.25) is 24.9 Å². The largest absolute Gasteiger partial charge is 0.496 e. The number of hydrogen-bond donors (Lipinski definition) is 2. The zero-order valence-electron chi connectivity index (χ0n) is 26.6. The second-order valence-electron chi connectivity index (χ2n) is 12.6. The van der Waals surface area contributed by atoms with Gasteiger partial charge in [-0.15, -0.1) is 0 Å². The van der Waals surface area contributed by atoms with Crippen LogP contribution in [0.15, 0.2) is 18.3 Å². The summed E-state index contributed by atoms with van der Waals surface area (Å²) in [6.07, 6.45) is 1.18. The Bertz CT molecular complexity index is 1660. The van der Waals surface area contributed by atoms with Crippen molar-refractivity contribution in [2.75, 3.05) is 24.3 Å². The number of anilines is 2. The van der Waals surface area contributed by atoms with Crippen LogP contribution in [0.25, 0.3) is 16.7 Å². The molecule has 44 heavy (non-hydrogen) atoms. The molecule has 1 saturated heterocycles. The zero-order valence-corrected chi connectivity index (χ0v) is 26.6. The van der Waals surface area contributed by atoms with Crippen molar-refractivity contribution in [3.8, 4) is 17.5 Å². The van der Waals surface area contributed by atoms with Crippen molar-refractivity contribution in [3.05, 3.63) is 35.0 Å². The number of methoxy groups -OCH3 is 1. The lowest BCUT2D eigenvalue weighted by molar-refractivity contribution is -0.120. The Hall–Kier alpha value is -4.86. The number of hydrogen-bond acceptors (Lipinski definition) is 9. The van der Waals surface area contributed by atoms with Gasteiger partial charge in [-0.2, -0.15) is 10.2 Å². The van der Waals surface area contributed by atoms with Crippen molar-refractivity contribution in [1.29, 1.82) is 5.26 Å². The molecule has 3 heterocycles. The number of benzene rings is 1. The van der Waals surface area contributed by atoms with E-state index in [1.165, 1.54) is 11.1 Å². The fourth-order valence-electron chi connectivity index (χ4n) is 5.13. The van der Waals surface area contributed by atoms with Crippen LogP contribution in [0.5, 0.6) is 5.75 Å². The molecule has 13 nitrogen and oxygen atoms in total. The van der Waals surface area contributed by atoms with Crippen LogP contribution in [0, 0.1) is 25.2 Å². The highest BCUT2D eigenvalue weighted by Gasteiger charge is 2.37. The smallest absolute Gasteiger partial charge is 0.413 e. The highest BCUT2D eigenvalue weighted by atomic mass is 16.6. The van der Waals surface area contributed by atoms with Gasteiger partial charge in [0.05, 0.1) is 18.2 Å². The van der Waals surface area contributed by atoms with Crippen LogP contribution < -0.4 is 15.4 Å². The molecule has 3 aromatic rings. The summed E-state index contributed by atoms with van der Waals surface area (Å²) in [5.74, 6) is 0.206. The number of carbonyl (C=O) groups is 3. The Morgan fingerprint density at radius 2 is 1.73 bits per heavy atom. The predicted molar refractivity (Wildman–Crippen MR) is 164 cm³/mol. The number of amides is 3. The van der Waals surface area contributed by atoms with Gasteiger partial charge in [-0.25, -0.2) is 14.6 Å². The molecule has 1 fully saturated rings. The van der Waals surface area contributed by atoms with Gasteiger partial charge in [0.1, 0.15) is 40.4 Å². The first-order valence-electron chi connectivity index (χ1n) is 14.3. The first-order valence-corrected chi connectivity index (χ1v) is 14.3. The third-order valence-electron chi connectivity index (χ3n) is 6.89. The van der Waals surface area contributed by atoms with Crippen LogP contribution in [0.4, 0.5) is 21.4 Å². The van der Waals surface area contributed by atoms with Crippen molar-refractivity contribution < 1.29 is 28.6 Å². The van der Waals surface area contributed by atoms with E-state index in [9.17, 15) is 19.6 Å². The number of rotatable bonds is 5. The monoisotopic (exact) mass is 605 g/mol. The number of fused-ring (bicyclic) bond motifs is 1. The number of ether oxygens (including phenoxy) is 3. The summed E-state index contributed by atoms with van der Waals surface area (Å²) in [5.41, 5.74) is 1.01. The van der Waals surface area contributed by atoms with Gasteiger partial charge in [0.25, 0.3) is 0 Å². The summed E-state index contributed by atoms with van der Waals surface area (Å²) in [6, 6.07) is 5.07. The average Bonchev–Trinajstić information content (AvgIpc) is 3.50. The Morgan fingerprint density at radius 3 is 2.34 bits per heavy atom. The quantitative estimate of drug-likeness (QED) is 0.377. The number of likely N-dealkylation sites (tertiary alicyclic amines) is 1. The zero-order chi connectivity index (χ0) is 32.6. The van der Waals surface area contributed by atoms with Gasteiger partial charge >= 0.3 is 12.2 Å². The van der Waals surface area contributed by atoms with E-state index in [0.29, 0.717) is 36.2 Å². The van der Waals surface area contributed by atoms with E-state index in [4.69, 9.17) is 14.2 Å². The molecule has 0 bridgehead atoms. The van der Waals surface area contributed by atoms with E-state index >= 15 is 0 Å². The molecule has 2 N–H and O–H groups in total. The van der Waals surface area contributed by atoms with Crippen LogP contribution in [0.2, 0.25) is 0 Å². The number of aromatic nitrogens is 3. The fourth-order valence-corrected chi connectivity index (χ4v) is 5.13. The fraction of sp³-hybridized carbons (Fsp3) is 0.484. The van der Waals surface area contributed by atoms with Crippen molar-refractivity contribution in [1.82, 2.24) is 19.4 Å². The molecule has 0 spiro atoms. The van der Waals surface area contributed by atoms with Gasteiger partial charge in [0, 0.05) is 18.3 Å². The highest BCUT2D eigenvalue weighted by molar-refractivity contribution is 5.99. The Balaban J connectivity index is 1.82. The summed E-state index contributed by atoms with van der Waals surface area (Å²) >= 11 is 0. The lowest BCUT2D eigenvalue weighted by Crippen LogP contribution is -2.45. The molecule has 2 aromatic heterocycles. The Morgan fingerprint density at radius 1 is 1.05 bits per heavy atom. The van der Waals surface area contributed by atoms with E-state index in [0.717, 1.165) is 11.1 Å². The van der Waals surface area contributed by atoms with Crippen molar-refractivity contribution in [3.63, 3.8) is 0 Å². The van der Waals surface area contributed by atoms with Crippen LogP contribution in [-0.4, -0.2) is 68.4 Å². The molecule has 1 aliphatic heterocycles. The van der Waals surface area contributed by atoms with Gasteiger partial charge in [-0.05, 0) is 79.9 Å². The van der Waals surface area contributed by atoms with E-state index in [-0.39, 0.29) is 23.0 Å². The maximum absolute atomic E-state index is 13.4. The first kappa shape index (κ1) is 32.1. The first-order chi connectivity index (χ1) is 20.5. The van der Waals surface area contributed by atoms with Gasteiger partial charge in [0.2, 0.25) is 11.9 Å². The molecule has 1 aromatic carbocycles. The molecule has 0 aliphatic carbocycles. The Kier molecular flexibility index (Phi) is 8.76. The molecule has 0 unspecified atom stereocenters. The third kappa shape index (κ3) is 6.69. The number of nitriles is 1. The summed E-state index contributed by atoms with van der Waals surface area (Å²) in [5, 5.41) is 16.0. The van der Waals surface area contributed by atoms with Crippen LogP contribution in [0.3, 0.4) is 0 Å². The molecular weight excluding hydrogens is 566 g/mol. The maximum atomic E-state index is 13.4. The van der Waals surface area contributed by atoms with Crippen LogP contribution in [0.1, 0.15) is 71.1 Å². The molecule has 234 valence electrons. The van der Waals surface area contributed by atoms with E-state index in [2.05, 4.69) is 26.7 Å². The predicted octanol–water partition coefficient (Wildman–Crippen LogP) is 5.60. The summed E-state index contributed by atoms with van der Waals surface area (Å²) in [6.45, 7) is 14.6. The standard InChI is InChI=1S/C31H39N7O6/c1-17-12-13-22(42-9)18(2)23(17)38-24(35-28(40)43-30(3,4)5)19(15-32)20-16-33-27(34-25(20)38)36-26(39)21-11-10-14-37(21)29(41)44-31(6,7)8/h12-13,16,21H,10-11,14H2,1-9H3,(H,35,40)(H,33,34,36,39)/t21-/m0/s1. The third-order valence-corrected chi connectivity index (χ3v) is 6.89. The molecule has 4 rings (SSSR count). The second kappa shape index (κ2) is 12.0. The molecule has 3 amide bonds. The molecule has 1 aliphatic rings. The van der Waals surface area contributed by atoms with Gasteiger partial charge in [0.15, 0.2) is 5.65 Å². The van der Waals surface area contributed by atoms with E-state index in [1.54, 1.807) is 53.2 Å². The molecule has 0 radical (unpaired) electrons. The molecule has 1 atom stereocenters. The number of nitrogens with one attached hydrogen (secondary N) is 2. The van der Waals surface area contributed by atoms with Crippen molar-refractivity contribution in [2.45, 2.75) is 85.5 Å². The lowest BCUT2D eigenvalue weighted by Gasteiger charge is -2.27. The lowest BCUT2D eigenvalue weighted by atomic mass is 10.1. The number of aryl methyl sites for hydroxylation is 1. The van der Waals surface area contributed by atoms with Crippen molar-refractivity contribution >= 4 is 40.9 Å². The molecule has 0 saturated carbocycles. The summed E-state index contributed by atoms with van der Waals surface area (Å²) < 4.78 is 18.2. The SMILES string of the molecule is COc1ccc(C)c(-n2c(NC(=O)OC(C)(C)C)c(C#N)c3cnc(NC(=O)[C@@H]4CCCN4C(=O)OC(C)(C)C)nc32)c1C. The second-order valence-corrected chi connectivity index (χ2v) is 12.6. The number of carbonyl (C=O) groups excluding carboxylic acids is 3. The van der Waals surface area contributed by atoms with E-state index in [1.807, 2.05) is 26.0 Å². The summed E-state index contributed by atoms with van der Waals surface area (Å²) in [7, 11) is 1.55. The van der Waals surface area contributed by atoms with Crippen LogP contribution in [-0.2, 0) is 14.3 Å². The topological polar surface area (TPSA) is 161 Å². The van der Waals surface area contributed by atoms with Gasteiger partial charge in [-0.1, -0.05) is 6.07 Å². The molecular formula is C31H39N7O6. The highest BCUT2D eigenvalue weighted by Crippen LogP contribution is 2.37. The minimum absolute atomic E-state index is 0.0381. The van der Waals surface area contributed by atoms with Crippen LogP contribution >= 0.6 is 0 Å². The number of nitrogens with zero attached hydrogens (tertiary/aromatic N) is 5. The van der Waals surface area contributed by atoms with E-state index < -0.39 is 35.3 Å². The van der Waals surface area contributed by atoms with Crippen molar-refractivity contribution in [2.24, 2.45) is 0 Å². The van der Waals surface area contributed by atoms with Gasteiger partial charge < -0.3 is 14.2 Å². The normalized spacial score (nSPS) is 15.1. The minimum Gasteiger partial charge on any atom is -0.496 e. The minimum atomic E-state index is -0.791.